The summed E-state index contributed by atoms with van der Waals surface area (Å²) in [6.07, 6.45) is 0. The second-order valence-electron chi connectivity index (χ2n) is 5.36. The van der Waals surface area contributed by atoms with E-state index < -0.39 is 0 Å². The van der Waals surface area contributed by atoms with Crippen LogP contribution in [-0.2, 0) is 5.75 Å². The van der Waals surface area contributed by atoms with Crippen LogP contribution >= 0.6 is 35.0 Å². The third kappa shape index (κ3) is 5.45. The minimum atomic E-state index is -0.0173. The quantitative estimate of drug-likeness (QED) is 0.704. The van der Waals surface area contributed by atoms with Crippen molar-refractivity contribution in [3.05, 3.63) is 68.7 Å². The first-order valence-electron chi connectivity index (χ1n) is 7.34. The van der Waals surface area contributed by atoms with Crippen molar-refractivity contribution in [1.29, 1.82) is 0 Å². The fourth-order valence-electron chi connectivity index (χ4n) is 2.13. The summed E-state index contributed by atoms with van der Waals surface area (Å²) < 4.78 is 0. The standard InChI is InChI=1S/C18H19Cl2NOS/c1-12-3-4-13(2)16(9-12)18(22)21-7-8-23-11-14-5-6-15(19)10-17(14)20/h3-6,9-10H,7-8,11H2,1-2H3,(H,21,22). The summed E-state index contributed by atoms with van der Waals surface area (Å²) >= 11 is 13.7. The van der Waals surface area contributed by atoms with Crippen LogP contribution in [0.25, 0.3) is 0 Å². The Morgan fingerprint density at radius 2 is 1.91 bits per heavy atom. The number of carbonyl (C=O) groups is 1. The highest BCUT2D eigenvalue weighted by molar-refractivity contribution is 7.98. The summed E-state index contributed by atoms with van der Waals surface area (Å²) in [5.41, 5.74) is 3.89. The molecule has 0 aliphatic rings. The zero-order valence-corrected chi connectivity index (χ0v) is 15.5. The molecule has 0 saturated carbocycles. The van der Waals surface area contributed by atoms with Crippen LogP contribution in [-0.4, -0.2) is 18.2 Å². The fourth-order valence-corrected chi connectivity index (χ4v) is 3.55. The van der Waals surface area contributed by atoms with Crippen molar-refractivity contribution in [3.63, 3.8) is 0 Å². The monoisotopic (exact) mass is 367 g/mol. The van der Waals surface area contributed by atoms with E-state index in [0.717, 1.165) is 33.8 Å². The van der Waals surface area contributed by atoms with Crippen molar-refractivity contribution < 1.29 is 4.79 Å². The molecule has 0 aliphatic heterocycles. The average molecular weight is 368 g/mol. The van der Waals surface area contributed by atoms with Crippen LogP contribution < -0.4 is 5.32 Å². The number of nitrogens with one attached hydrogen (secondary N) is 1. The number of carbonyl (C=O) groups excluding carboxylic acids is 1. The van der Waals surface area contributed by atoms with Crippen molar-refractivity contribution in [2.45, 2.75) is 19.6 Å². The molecule has 122 valence electrons. The molecule has 0 aliphatic carbocycles. The molecule has 0 unspecified atom stereocenters. The average Bonchev–Trinajstić information content (AvgIpc) is 2.51. The van der Waals surface area contributed by atoms with Crippen molar-refractivity contribution in [1.82, 2.24) is 5.32 Å². The molecule has 2 aromatic carbocycles. The van der Waals surface area contributed by atoms with Crippen molar-refractivity contribution in [2.24, 2.45) is 0 Å². The summed E-state index contributed by atoms with van der Waals surface area (Å²) in [7, 11) is 0. The molecule has 23 heavy (non-hydrogen) atoms. The Morgan fingerprint density at radius 1 is 1.13 bits per heavy atom. The van der Waals surface area contributed by atoms with Gasteiger partial charge in [-0.1, -0.05) is 47.0 Å². The highest BCUT2D eigenvalue weighted by Crippen LogP contribution is 2.24. The van der Waals surface area contributed by atoms with E-state index in [9.17, 15) is 4.79 Å². The first-order chi connectivity index (χ1) is 11.0. The number of rotatable bonds is 6. The lowest BCUT2D eigenvalue weighted by atomic mass is 10.1. The maximum absolute atomic E-state index is 12.2. The third-order valence-electron chi connectivity index (χ3n) is 3.44. The van der Waals surface area contributed by atoms with Gasteiger partial charge < -0.3 is 5.32 Å². The van der Waals surface area contributed by atoms with Gasteiger partial charge in [-0.2, -0.15) is 11.8 Å². The van der Waals surface area contributed by atoms with Crippen molar-refractivity contribution >= 4 is 40.9 Å². The molecule has 0 fully saturated rings. The smallest absolute Gasteiger partial charge is 0.251 e. The molecular weight excluding hydrogens is 349 g/mol. The molecule has 5 heteroatoms. The Morgan fingerprint density at radius 3 is 2.65 bits per heavy atom. The summed E-state index contributed by atoms with van der Waals surface area (Å²) in [5.74, 6) is 1.61. The predicted molar refractivity (Wildman–Crippen MR) is 101 cm³/mol. The highest BCUT2D eigenvalue weighted by Gasteiger charge is 2.08. The number of amides is 1. The summed E-state index contributed by atoms with van der Waals surface area (Å²) in [5, 5.41) is 4.29. The number of thioether (sulfide) groups is 1. The second-order valence-corrected chi connectivity index (χ2v) is 7.31. The van der Waals surface area contributed by atoms with Crippen LogP contribution in [0.5, 0.6) is 0 Å². The normalized spacial score (nSPS) is 10.6. The van der Waals surface area contributed by atoms with E-state index in [-0.39, 0.29) is 5.91 Å². The van der Waals surface area contributed by atoms with E-state index in [1.807, 2.05) is 44.2 Å². The van der Waals surface area contributed by atoms with Crippen LogP contribution in [0.3, 0.4) is 0 Å². The minimum absolute atomic E-state index is 0.0173. The Balaban J connectivity index is 1.77. The molecule has 2 aromatic rings. The number of hydrogen-bond donors (Lipinski definition) is 1. The molecule has 2 nitrogen and oxygen atoms in total. The van der Waals surface area contributed by atoms with Crippen LogP contribution in [0.1, 0.15) is 27.0 Å². The van der Waals surface area contributed by atoms with Crippen LogP contribution in [0.15, 0.2) is 36.4 Å². The zero-order valence-electron chi connectivity index (χ0n) is 13.2. The van der Waals surface area contributed by atoms with Crippen molar-refractivity contribution in [3.8, 4) is 0 Å². The summed E-state index contributed by atoms with van der Waals surface area (Å²) in [6.45, 7) is 4.57. The maximum atomic E-state index is 12.2. The molecule has 2 rings (SSSR count). The lowest BCUT2D eigenvalue weighted by Crippen LogP contribution is -2.26. The number of hydrogen-bond acceptors (Lipinski definition) is 2. The van der Waals surface area contributed by atoms with Crippen molar-refractivity contribution in [2.75, 3.05) is 12.3 Å². The van der Waals surface area contributed by atoms with E-state index in [1.165, 1.54) is 0 Å². The molecule has 0 saturated heterocycles. The van der Waals surface area contributed by atoms with E-state index in [1.54, 1.807) is 17.8 Å². The van der Waals surface area contributed by atoms with Crippen LogP contribution in [0.2, 0.25) is 10.0 Å². The molecule has 0 spiro atoms. The maximum Gasteiger partial charge on any atom is 0.251 e. The Labute approximate surface area is 151 Å². The molecule has 0 bridgehead atoms. The SMILES string of the molecule is Cc1ccc(C)c(C(=O)NCCSCc2ccc(Cl)cc2Cl)c1. The highest BCUT2D eigenvalue weighted by atomic mass is 35.5. The predicted octanol–water partition coefficient (Wildman–Crippen LogP) is 5.27. The van der Waals surface area contributed by atoms with E-state index in [4.69, 9.17) is 23.2 Å². The first-order valence-corrected chi connectivity index (χ1v) is 9.25. The minimum Gasteiger partial charge on any atom is -0.351 e. The van der Waals surface area contributed by atoms with Gasteiger partial charge in [0.15, 0.2) is 0 Å². The van der Waals surface area contributed by atoms with Gasteiger partial charge in [-0.25, -0.2) is 0 Å². The molecule has 0 radical (unpaired) electrons. The van der Waals surface area contributed by atoms with Gasteiger partial charge >= 0.3 is 0 Å². The van der Waals surface area contributed by atoms with E-state index in [2.05, 4.69) is 5.32 Å². The Kier molecular flexibility index (Phi) is 6.82. The van der Waals surface area contributed by atoms with Gasteiger partial charge in [-0.3, -0.25) is 4.79 Å². The molecule has 0 heterocycles. The fraction of sp³-hybridized carbons (Fsp3) is 0.278. The summed E-state index contributed by atoms with van der Waals surface area (Å²) in [6, 6.07) is 11.4. The Hall–Kier alpha value is -1.16. The van der Waals surface area contributed by atoms with Gasteiger partial charge in [0, 0.05) is 33.7 Å². The molecule has 1 amide bonds. The number of halogens is 2. The van der Waals surface area contributed by atoms with Crippen LogP contribution in [0.4, 0.5) is 0 Å². The van der Waals surface area contributed by atoms with Crippen LogP contribution in [0, 0.1) is 13.8 Å². The van der Waals surface area contributed by atoms with Gasteiger partial charge in [0.25, 0.3) is 5.91 Å². The number of aryl methyl sites for hydroxylation is 2. The largest absolute Gasteiger partial charge is 0.351 e. The lowest BCUT2D eigenvalue weighted by Gasteiger charge is -2.09. The topological polar surface area (TPSA) is 29.1 Å². The molecular formula is C18H19Cl2NOS. The molecule has 1 N–H and O–H groups in total. The lowest BCUT2D eigenvalue weighted by molar-refractivity contribution is 0.0955. The summed E-state index contributed by atoms with van der Waals surface area (Å²) in [4.78, 5) is 12.2. The molecule has 0 aromatic heterocycles. The Bertz CT molecular complexity index is 703. The van der Waals surface area contributed by atoms with Gasteiger partial charge in [-0.05, 0) is 43.2 Å². The first kappa shape index (κ1) is 18.2. The van der Waals surface area contributed by atoms with Gasteiger partial charge in [0.1, 0.15) is 0 Å². The third-order valence-corrected chi connectivity index (χ3v) is 5.04. The van der Waals surface area contributed by atoms with E-state index >= 15 is 0 Å². The second kappa shape index (κ2) is 8.62. The molecule has 0 atom stereocenters. The van der Waals surface area contributed by atoms with Gasteiger partial charge in [0.05, 0.1) is 0 Å². The van der Waals surface area contributed by atoms with Gasteiger partial charge in [0.2, 0.25) is 0 Å². The van der Waals surface area contributed by atoms with Gasteiger partial charge in [-0.15, -0.1) is 0 Å². The van der Waals surface area contributed by atoms with E-state index in [0.29, 0.717) is 16.6 Å². The zero-order chi connectivity index (χ0) is 16.8. The number of benzene rings is 2.